The smallest absolute Gasteiger partial charge is 0.113 e. The molecule has 2 atom stereocenters. The molecule has 4 nitrogen and oxygen atoms in total. The third-order valence-corrected chi connectivity index (χ3v) is 2.69. The quantitative estimate of drug-likeness (QED) is 0.687. The summed E-state index contributed by atoms with van der Waals surface area (Å²) in [7, 11) is 1.51. The van der Waals surface area contributed by atoms with Gasteiger partial charge < -0.3 is 14.6 Å². The Balaban J connectivity index is 2.81. The van der Waals surface area contributed by atoms with E-state index in [1.165, 1.54) is 7.11 Å². The van der Waals surface area contributed by atoms with Gasteiger partial charge in [0.25, 0.3) is 0 Å². The number of rotatable bonds is 3. The maximum atomic E-state index is 10.0. The minimum atomic E-state index is -1.13. The number of nitrogens with zero attached hydrogens (tertiary/aromatic N) is 1. The molecule has 1 rings (SSSR count). The van der Waals surface area contributed by atoms with Crippen LogP contribution >= 0.6 is 0 Å². The van der Waals surface area contributed by atoms with Crippen LogP contribution in [0.3, 0.4) is 0 Å². The fourth-order valence-corrected chi connectivity index (χ4v) is 1.62. The zero-order chi connectivity index (χ0) is 9.95. The van der Waals surface area contributed by atoms with Crippen molar-refractivity contribution in [2.75, 3.05) is 26.9 Å². The molecule has 74 valence electrons. The van der Waals surface area contributed by atoms with Crippen LogP contribution in [0.1, 0.15) is 13.3 Å². The number of hydrogen-bond donors (Lipinski definition) is 1. The highest BCUT2D eigenvalue weighted by molar-refractivity contribution is 5.12. The fourth-order valence-electron chi connectivity index (χ4n) is 1.62. The molecule has 0 radical (unpaired) electrons. The number of ether oxygens (including phenoxy) is 2. The largest absolute Gasteiger partial charge is 0.386 e. The van der Waals surface area contributed by atoms with Crippen LogP contribution in [0.2, 0.25) is 0 Å². The second kappa shape index (κ2) is 3.62. The van der Waals surface area contributed by atoms with E-state index in [1.807, 2.05) is 0 Å². The van der Waals surface area contributed by atoms with Crippen molar-refractivity contribution in [3.05, 3.63) is 0 Å². The van der Waals surface area contributed by atoms with E-state index in [0.717, 1.165) is 0 Å². The van der Waals surface area contributed by atoms with E-state index >= 15 is 0 Å². The maximum absolute atomic E-state index is 10.0. The van der Waals surface area contributed by atoms with Crippen LogP contribution in [0.25, 0.3) is 0 Å². The van der Waals surface area contributed by atoms with Crippen LogP contribution in [-0.4, -0.2) is 37.6 Å². The molecule has 1 saturated heterocycles. The lowest BCUT2D eigenvalue weighted by Crippen LogP contribution is -2.49. The average molecular weight is 185 g/mol. The van der Waals surface area contributed by atoms with Crippen molar-refractivity contribution < 1.29 is 14.6 Å². The number of nitriles is 1. The zero-order valence-electron chi connectivity index (χ0n) is 8.04. The van der Waals surface area contributed by atoms with Crippen molar-refractivity contribution >= 4 is 0 Å². The van der Waals surface area contributed by atoms with Gasteiger partial charge in [-0.3, -0.25) is 0 Å². The summed E-state index contributed by atoms with van der Waals surface area (Å²) >= 11 is 0. The van der Waals surface area contributed by atoms with Crippen LogP contribution in [0, 0.1) is 16.7 Å². The predicted octanol–water partition coefficient (Wildman–Crippen LogP) is 0.314. The normalized spacial score (nSPS) is 32.5. The minimum Gasteiger partial charge on any atom is -0.386 e. The second-order valence-electron chi connectivity index (χ2n) is 3.70. The van der Waals surface area contributed by atoms with Crippen molar-refractivity contribution in [2.24, 2.45) is 5.41 Å². The molecule has 13 heavy (non-hydrogen) atoms. The molecule has 0 saturated carbocycles. The Labute approximate surface area is 78.1 Å². The van der Waals surface area contributed by atoms with Crippen LogP contribution in [-0.2, 0) is 9.47 Å². The van der Waals surface area contributed by atoms with Gasteiger partial charge in [-0.15, -0.1) is 0 Å². The highest BCUT2D eigenvalue weighted by Gasteiger charge is 2.50. The Morgan fingerprint density at radius 3 is 2.85 bits per heavy atom. The Bertz CT molecular complexity index is 213. The molecule has 1 fully saturated rings. The van der Waals surface area contributed by atoms with E-state index in [0.29, 0.717) is 19.6 Å². The van der Waals surface area contributed by atoms with Gasteiger partial charge in [-0.05, 0) is 13.3 Å². The Morgan fingerprint density at radius 1 is 1.77 bits per heavy atom. The van der Waals surface area contributed by atoms with Crippen molar-refractivity contribution in [3.8, 4) is 6.07 Å². The lowest BCUT2D eigenvalue weighted by Gasteiger charge is -2.35. The molecule has 1 aliphatic heterocycles. The van der Waals surface area contributed by atoms with Gasteiger partial charge in [0.05, 0.1) is 19.3 Å². The molecule has 0 aromatic heterocycles. The fraction of sp³-hybridized carbons (Fsp3) is 0.889. The van der Waals surface area contributed by atoms with Gasteiger partial charge in [0.15, 0.2) is 0 Å². The summed E-state index contributed by atoms with van der Waals surface area (Å²) in [4.78, 5) is 0. The molecular weight excluding hydrogens is 170 g/mol. The highest BCUT2D eigenvalue weighted by Crippen LogP contribution is 2.38. The maximum Gasteiger partial charge on any atom is 0.113 e. The van der Waals surface area contributed by atoms with E-state index in [4.69, 9.17) is 14.7 Å². The number of hydrogen-bond acceptors (Lipinski definition) is 4. The van der Waals surface area contributed by atoms with E-state index in [-0.39, 0.29) is 6.61 Å². The molecule has 0 bridgehead atoms. The average Bonchev–Trinajstić information content (AvgIpc) is 2.53. The molecule has 2 unspecified atom stereocenters. The Morgan fingerprint density at radius 2 is 2.46 bits per heavy atom. The first-order chi connectivity index (χ1) is 6.08. The summed E-state index contributed by atoms with van der Waals surface area (Å²) in [5.41, 5.74) is -1.93. The number of methoxy groups -OCH3 is 1. The molecule has 1 aliphatic rings. The molecule has 0 spiro atoms. The molecule has 0 aliphatic carbocycles. The molecule has 0 amide bonds. The first kappa shape index (κ1) is 10.5. The van der Waals surface area contributed by atoms with E-state index in [9.17, 15) is 5.11 Å². The summed E-state index contributed by atoms with van der Waals surface area (Å²) in [5, 5.41) is 19.1. The third-order valence-electron chi connectivity index (χ3n) is 2.69. The van der Waals surface area contributed by atoms with E-state index < -0.39 is 11.0 Å². The molecular formula is C9H15NO3. The molecule has 0 aromatic carbocycles. The van der Waals surface area contributed by atoms with Gasteiger partial charge in [-0.2, -0.15) is 5.26 Å². The lowest BCUT2D eigenvalue weighted by atomic mass is 9.74. The third kappa shape index (κ3) is 1.68. The highest BCUT2D eigenvalue weighted by atomic mass is 16.5. The second-order valence-corrected chi connectivity index (χ2v) is 3.70. The first-order valence-corrected chi connectivity index (χ1v) is 4.28. The first-order valence-electron chi connectivity index (χ1n) is 4.28. The van der Waals surface area contributed by atoms with Crippen molar-refractivity contribution in [1.29, 1.82) is 5.26 Å². The lowest BCUT2D eigenvalue weighted by molar-refractivity contribution is -0.0895. The van der Waals surface area contributed by atoms with Gasteiger partial charge in [0, 0.05) is 13.7 Å². The van der Waals surface area contributed by atoms with Gasteiger partial charge in [0.2, 0.25) is 0 Å². The van der Waals surface area contributed by atoms with Gasteiger partial charge in [0.1, 0.15) is 11.0 Å². The van der Waals surface area contributed by atoms with Gasteiger partial charge in [-0.1, -0.05) is 0 Å². The van der Waals surface area contributed by atoms with E-state index in [1.54, 1.807) is 6.92 Å². The summed E-state index contributed by atoms with van der Waals surface area (Å²) < 4.78 is 10.0. The Kier molecular flexibility index (Phi) is 2.91. The SMILES string of the molecule is COCC(C)(O)C1(C#N)CCOC1. The van der Waals surface area contributed by atoms with Crippen molar-refractivity contribution in [3.63, 3.8) is 0 Å². The topological polar surface area (TPSA) is 62.5 Å². The molecule has 1 N–H and O–H groups in total. The van der Waals surface area contributed by atoms with Crippen LogP contribution < -0.4 is 0 Å². The van der Waals surface area contributed by atoms with Crippen molar-refractivity contribution in [1.82, 2.24) is 0 Å². The van der Waals surface area contributed by atoms with Crippen LogP contribution in [0.15, 0.2) is 0 Å². The standard InChI is InChI=1S/C9H15NO3/c1-8(11,6-12-2)9(5-10)3-4-13-7-9/h11H,3-4,6-7H2,1-2H3. The van der Waals surface area contributed by atoms with Crippen LogP contribution in [0.5, 0.6) is 0 Å². The van der Waals surface area contributed by atoms with Crippen molar-refractivity contribution in [2.45, 2.75) is 18.9 Å². The van der Waals surface area contributed by atoms with E-state index in [2.05, 4.69) is 6.07 Å². The van der Waals surface area contributed by atoms with Crippen LogP contribution in [0.4, 0.5) is 0 Å². The van der Waals surface area contributed by atoms with Gasteiger partial charge >= 0.3 is 0 Å². The number of aliphatic hydroxyl groups is 1. The monoisotopic (exact) mass is 185 g/mol. The summed E-state index contributed by atoms with van der Waals surface area (Å²) in [6, 6.07) is 2.15. The summed E-state index contributed by atoms with van der Waals surface area (Å²) in [5.74, 6) is 0. The Hall–Kier alpha value is -0.630. The molecule has 1 heterocycles. The zero-order valence-corrected chi connectivity index (χ0v) is 8.04. The molecule has 0 aromatic rings. The summed E-state index contributed by atoms with van der Waals surface area (Å²) in [6.45, 7) is 2.60. The summed E-state index contributed by atoms with van der Waals surface area (Å²) in [6.07, 6.45) is 0.569. The predicted molar refractivity (Wildman–Crippen MR) is 46.0 cm³/mol. The van der Waals surface area contributed by atoms with Gasteiger partial charge in [-0.25, -0.2) is 0 Å². The molecule has 4 heteroatoms. The minimum absolute atomic E-state index is 0.157.